The fourth-order valence-electron chi connectivity index (χ4n) is 3.83. The highest BCUT2D eigenvalue weighted by Gasteiger charge is 2.63. The lowest BCUT2D eigenvalue weighted by Gasteiger charge is -2.27. The predicted molar refractivity (Wildman–Crippen MR) is 111 cm³/mol. The van der Waals surface area contributed by atoms with Crippen molar-refractivity contribution in [1.29, 1.82) is 0 Å². The van der Waals surface area contributed by atoms with Crippen LogP contribution in [-0.4, -0.2) is 62.5 Å². The van der Waals surface area contributed by atoms with E-state index in [2.05, 4.69) is 9.47 Å². The van der Waals surface area contributed by atoms with Crippen LogP contribution in [0.1, 0.15) is 11.5 Å². The largest absolute Gasteiger partial charge is 0.466 e. The van der Waals surface area contributed by atoms with E-state index in [0.717, 1.165) is 34.5 Å². The molecular weight excluding hydrogens is 438 g/mol. The lowest BCUT2D eigenvalue weighted by atomic mass is 9.82. The van der Waals surface area contributed by atoms with Crippen molar-refractivity contribution in [2.24, 2.45) is 7.05 Å². The molecule has 1 atom stereocenters. The number of carbonyl (C=O) groups is 4. The molecule has 1 aromatic carbocycles. The minimum Gasteiger partial charge on any atom is -0.466 e. The maximum atomic E-state index is 13.4. The van der Waals surface area contributed by atoms with Crippen LogP contribution in [0, 0.1) is 0 Å². The summed E-state index contributed by atoms with van der Waals surface area (Å²) in [5.41, 5.74) is -3.55. The van der Waals surface area contributed by atoms with Gasteiger partial charge in [0.25, 0.3) is 5.56 Å². The molecule has 3 rings (SSSR count). The van der Waals surface area contributed by atoms with Crippen LogP contribution < -0.4 is 10.3 Å². The summed E-state index contributed by atoms with van der Waals surface area (Å²) in [6.07, 6.45) is 0.924. The number of rotatable bonds is 5. The maximum Gasteiger partial charge on any atom is 0.363 e. The van der Waals surface area contributed by atoms with E-state index in [0.29, 0.717) is 10.9 Å². The van der Waals surface area contributed by atoms with Crippen molar-refractivity contribution in [3.63, 3.8) is 0 Å². The molecule has 0 aliphatic carbocycles. The molecule has 33 heavy (non-hydrogen) atoms. The monoisotopic (exact) mass is 459 g/mol. The highest BCUT2D eigenvalue weighted by atomic mass is 16.6. The van der Waals surface area contributed by atoms with E-state index in [4.69, 9.17) is 14.2 Å². The molecule has 2 aromatic rings. The van der Waals surface area contributed by atoms with Gasteiger partial charge in [-0.1, -0.05) is 12.1 Å². The molecule has 0 saturated heterocycles. The Bertz CT molecular complexity index is 1220. The van der Waals surface area contributed by atoms with Crippen LogP contribution in [0.5, 0.6) is 5.75 Å². The van der Waals surface area contributed by atoms with Crippen LogP contribution in [0.25, 0.3) is 10.9 Å². The SMILES string of the molecule is COC(=O)C(=CC1c2c(c3ccccc3n(C)c2=O)OC1(C(=O)OC)C(=O)OC)C(=O)OC. The molecule has 174 valence electrons. The van der Waals surface area contributed by atoms with Gasteiger partial charge in [0, 0.05) is 12.4 Å². The van der Waals surface area contributed by atoms with Gasteiger partial charge in [-0.3, -0.25) is 4.79 Å². The second kappa shape index (κ2) is 8.77. The quantitative estimate of drug-likeness (QED) is 0.203. The summed E-state index contributed by atoms with van der Waals surface area (Å²) < 4.78 is 26.1. The Balaban J connectivity index is 2.50. The molecule has 2 heterocycles. The molecule has 1 unspecified atom stereocenters. The molecular formula is C22H21NO10. The van der Waals surface area contributed by atoms with Crippen molar-refractivity contribution in [2.45, 2.75) is 11.5 Å². The number of aromatic nitrogens is 1. The van der Waals surface area contributed by atoms with Gasteiger partial charge in [-0.2, -0.15) is 0 Å². The van der Waals surface area contributed by atoms with E-state index < -0.39 is 46.5 Å². The Labute approximate surface area is 187 Å². The highest BCUT2D eigenvalue weighted by molar-refractivity contribution is 6.15. The molecule has 0 radical (unpaired) electrons. The normalized spacial score (nSPS) is 15.6. The smallest absolute Gasteiger partial charge is 0.363 e. The number of carbonyl (C=O) groups excluding carboxylic acids is 4. The molecule has 0 fully saturated rings. The van der Waals surface area contributed by atoms with Crippen LogP contribution in [0.3, 0.4) is 0 Å². The Morgan fingerprint density at radius 1 is 0.939 bits per heavy atom. The topological polar surface area (TPSA) is 136 Å². The van der Waals surface area contributed by atoms with Gasteiger partial charge in [-0.05, 0) is 18.2 Å². The lowest BCUT2D eigenvalue weighted by molar-refractivity contribution is -0.176. The highest BCUT2D eigenvalue weighted by Crippen LogP contribution is 2.48. The van der Waals surface area contributed by atoms with Gasteiger partial charge in [0.15, 0.2) is 0 Å². The fourth-order valence-corrected chi connectivity index (χ4v) is 3.83. The van der Waals surface area contributed by atoms with Crippen molar-refractivity contribution in [3.8, 4) is 5.75 Å². The average Bonchev–Trinajstić information content (AvgIpc) is 3.19. The van der Waals surface area contributed by atoms with Crippen LogP contribution in [0.4, 0.5) is 0 Å². The minimum absolute atomic E-state index is 0.0835. The molecule has 0 bridgehead atoms. The molecule has 11 heteroatoms. The number of methoxy groups -OCH3 is 4. The van der Waals surface area contributed by atoms with Gasteiger partial charge in [0.2, 0.25) is 0 Å². The molecule has 0 saturated carbocycles. The number of fused-ring (bicyclic) bond motifs is 3. The maximum absolute atomic E-state index is 13.4. The minimum atomic E-state index is -2.56. The first-order chi connectivity index (χ1) is 15.7. The van der Waals surface area contributed by atoms with E-state index in [1.807, 2.05) is 0 Å². The van der Waals surface area contributed by atoms with Crippen LogP contribution in [0.15, 0.2) is 40.7 Å². The van der Waals surface area contributed by atoms with Crippen molar-refractivity contribution in [3.05, 3.63) is 51.8 Å². The van der Waals surface area contributed by atoms with Gasteiger partial charge in [-0.15, -0.1) is 0 Å². The van der Waals surface area contributed by atoms with Gasteiger partial charge in [0.1, 0.15) is 11.3 Å². The molecule has 0 N–H and O–H groups in total. The van der Waals surface area contributed by atoms with E-state index >= 15 is 0 Å². The third-order valence-corrected chi connectivity index (χ3v) is 5.42. The first-order valence-corrected chi connectivity index (χ1v) is 9.55. The predicted octanol–water partition coefficient (Wildman–Crippen LogP) is 0.372. The molecule has 11 nitrogen and oxygen atoms in total. The summed E-state index contributed by atoms with van der Waals surface area (Å²) in [6.45, 7) is 0. The number of benzene rings is 1. The number of ether oxygens (including phenoxy) is 5. The lowest BCUT2D eigenvalue weighted by Crippen LogP contribution is -2.54. The number of aryl methyl sites for hydroxylation is 1. The summed E-state index contributed by atoms with van der Waals surface area (Å²) in [7, 11) is 5.57. The van der Waals surface area contributed by atoms with Gasteiger partial charge < -0.3 is 28.3 Å². The van der Waals surface area contributed by atoms with Gasteiger partial charge in [0.05, 0.1) is 45.4 Å². The van der Waals surface area contributed by atoms with E-state index in [9.17, 15) is 24.0 Å². The number of esters is 4. The summed E-state index contributed by atoms with van der Waals surface area (Å²) in [4.78, 5) is 64.0. The molecule has 1 aliphatic heterocycles. The zero-order valence-electron chi connectivity index (χ0n) is 18.5. The second-order valence-electron chi connectivity index (χ2n) is 6.99. The summed E-state index contributed by atoms with van der Waals surface area (Å²) >= 11 is 0. The Hall–Kier alpha value is -4.15. The number of nitrogens with zero attached hydrogens (tertiary/aromatic N) is 1. The van der Waals surface area contributed by atoms with Crippen LogP contribution in [-0.2, 0) is 45.2 Å². The number of hydrogen-bond acceptors (Lipinski definition) is 10. The summed E-state index contributed by atoms with van der Waals surface area (Å²) in [6, 6.07) is 6.64. The third-order valence-electron chi connectivity index (χ3n) is 5.42. The standard InChI is InChI=1S/C22H21NO10/c1-23-14-9-7-6-8-11(14)16-15(17(23)24)13(10-12(18(25)29-2)19(26)30-3)22(33-16,20(27)31-4)21(28)32-5/h6-10,13H,1-5H3. The number of hydrogen-bond donors (Lipinski definition) is 0. The van der Waals surface area contributed by atoms with E-state index in [1.54, 1.807) is 24.3 Å². The molecule has 0 spiro atoms. The zero-order chi connectivity index (χ0) is 24.5. The Morgan fingerprint density at radius 2 is 1.48 bits per heavy atom. The van der Waals surface area contributed by atoms with Gasteiger partial charge in [-0.25, -0.2) is 19.2 Å². The van der Waals surface area contributed by atoms with Gasteiger partial charge >= 0.3 is 29.5 Å². The average molecular weight is 459 g/mol. The fraction of sp³-hybridized carbons (Fsp3) is 0.318. The molecule has 1 aromatic heterocycles. The Kier molecular flexibility index (Phi) is 6.25. The van der Waals surface area contributed by atoms with Crippen molar-refractivity contribution >= 4 is 34.8 Å². The van der Waals surface area contributed by atoms with Crippen molar-refractivity contribution < 1.29 is 42.9 Å². The first-order valence-electron chi connectivity index (χ1n) is 9.55. The Morgan fingerprint density at radius 3 is 2.00 bits per heavy atom. The van der Waals surface area contributed by atoms with E-state index in [1.165, 1.54) is 11.6 Å². The number of pyridine rings is 1. The molecule has 0 amide bonds. The van der Waals surface area contributed by atoms with Crippen molar-refractivity contribution in [1.82, 2.24) is 4.57 Å². The van der Waals surface area contributed by atoms with Crippen molar-refractivity contribution in [2.75, 3.05) is 28.4 Å². The van der Waals surface area contributed by atoms with Crippen LogP contribution in [0.2, 0.25) is 0 Å². The van der Waals surface area contributed by atoms with E-state index in [-0.39, 0.29) is 11.3 Å². The zero-order valence-corrected chi connectivity index (χ0v) is 18.5. The third kappa shape index (κ3) is 3.41. The van der Waals surface area contributed by atoms with Crippen LogP contribution >= 0.6 is 0 Å². The second-order valence-corrected chi connectivity index (χ2v) is 6.99. The number of para-hydroxylation sites is 1. The molecule has 1 aliphatic rings. The summed E-state index contributed by atoms with van der Waals surface area (Å²) in [5, 5.41) is 0.403. The first kappa shape index (κ1) is 23.5. The summed E-state index contributed by atoms with van der Waals surface area (Å²) in [5.74, 6) is -6.31.